The van der Waals surface area contributed by atoms with E-state index in [0.29, 0.717) is 19.1 Å². The molecule has 1 atom stereocenters. The van der Waals surface area contributed by atoms with Crippen molar-refractivity contribution < 1.29 is 8.42 Å². The smallest absolute Gasteiger partial charge is 0.215 e. The Morgan fingerprint density at radius 2 is 1.83 bits per heavy atom. The topological polar surface area (TPSA) is 61.4 Å². The molecule has 0 aromatic carbocycles. The number of sulfonamides is 1. The van der Waals surface area contributed by atoms with Gasteiger partial charge in [-0.2, -0.15) is 0 Å². The second-order valence-electron chi connectivity index (χ2n) is 4.99. The molecule has 5 nitrogen and oxygen atoms in total. The first kappa shape index (κ1) is 17.8. The summed E-state index contributed by atoms with van der Waals surface area (Å²) in [5, 5.41) is 2.66. The molecule has 6 heteroatoms. The van der Waals surface area contributed by atoms with Crippen LogP contribution in [-0.4, -0.2) is 57.8 Å². The Morgan fingerprint density at radius 1 is 1.22 bits per heavy atom. The Hall–Kier alpha value is -0.170. The van der Waals surface area contributed by atoms with Gasteiger partial charge in [-0.15, -0.1) is 0 Å². The van der Waals surface area contributed by atoms with Gasteiger partial charge in [0, 0.05) is 19.1 Å². The quantitative estimate of drug-likeness (QED) is 0.576. The van der Waals surface area contributed by atoms with E-state index in [9.17, 15) is 8.42 Å². The normalized spacial score (nSPS) is 14.4. The molecular weight excluding hydrogens is 250 g/mol. The molecule has 0 radical (unpaired) electrons. The Kier molecular flexibility index (Phi) is 8.77. The van der Waals surface area contributed by atoms with Gasteiger partial charge in [-0.05, 0) is 47.3 Å². The highest BCUT2D eigenvalue weighted by Gasteiger charge is 2.19. The third-order valence-electron chi connectivity index (χ3n) is 3.08. The van der Waals surface area contributed by atoms with Gasteiger partial charge in [0.1, 0.15) is 0 Å². The van der Waals surface area contributed by atoms with Crippen LogP contribution in [0, 0.1) is 0 Å². The molecule has 0 aromatic rings. The SMILES string of the molecule is CCNCC(C)S(=O)(=O)NCCCN(C)C(C)C. The minimum atomic E-state index is -3.18. The Bertz CT molecular complexity index is 304. The van der Waals surface area contributed by atoms with Crippen LogP contribution < -0.4 is 10.0 Å². The van der Waals surface area contributed by atoms with Gasteiger partial charge in [-0.25, -0.2) is 13.1 Å². The highest BCUT2D eigenvalue weighted by molar-refractivity contribution is 7.90. The van der Waals surface area contributed by atoms with Crippen LogP contribution in [0.2, 0.25) is 0 Å². The fraction of sp³-hybridized carbons (Fsp3) is 1.00. The average Bonchev–Trinajstić information content (AvgIpc) is 2.30. The van der Waals surface area contributed by atoms with E-state index in [1.54, 1.807) is 6.92 Å². The Labute approximate surface area is 112 Å². The molecule has 0 aliphatic rings. The molecule has 0 heterocycles. The zero-order valence-corrected chi connectivity index (χ0v) is 13.2. The highest BCUT2D eigenvalue weighted by atomic mass is 32.2. The van der Waals surface area contributed by atoms with Crippen molar-refractivity contribution in [2.75, 3.05) is 33.2 Å². The van der Waals surface area contributed by atoms with Crippen LogP contribution in [0.15, 0.2) is 0 Å². The molecule has 0 saturated carbocycles. The van der Waals surface area contributed by atoms with Gasteiger partial charge in [0.05, 0.1) is 5.25 Å². The molecule has 0 saturated heterocycles. The molecular formula is C12H29N3O2S. The van der Waals surface area contributed by atoms with Gasteiger partial charge in [0.25, 0.3) is 0 Å². The minimum absolute atomic E-state index is 0.389. The summed E-state index contributed by atoms with van der Waals surface area (Å²) in [5.74, 6) is 0. The summed E-state index contributed by atoms with van der Waals surface area (Å²) in [4.78, 5) is 2.20. The monoisotopic (exact) mass is 279 g/mol. The summed E-state index contributed by atoms with van der Waals surface area (Å²) in [6, 6.07) is 0.495. The molecule has 0 aliphatic heterocycles. The lowest BCUT2D eigenvalue weighted by molar-refractivity contribution is 0.271. The first-order valence-corrected chi connectivity index (χ1v) is 8.25. The number of nitrogens with zero attached hydrogens (tertiary/aromatic N) is 1. The molecule has 0 aromatic heterocycles. The van der Waals surface area contributed by atoms with Gasteiger partial charge < -0.3 is 10.2 Å². The van der Waals surface area contributed by atoms with Crippen molar-refractivity contribution in [2.45, 2.75) is 45.4 Å². The number of nitrogens with one attached hydrogen (secondary N) is 2. The number of hydrogen-bond donors (Lipinski definition) is 2. The highest BCUT2D eigenvalue weighted by Crippen LogP contribution is 1.98. The summed E-state index contributed by atoms with van der Waals surface area (Å²) >= 11 is 0. The van der Waals surface area contributed by atoms with E-state index in [1.807, 2.05) is 14.0 Å². The molecule has 0 bridgehead atoms. The van der Waals surface area contributed by atoms with Gasteiger partial charge in [0.2, 0.25) is 10.0 Å². The lowest BCUT2D eigenvalue weighted by Gasteiger charge is -2.21. The van der Waals surface area contributed by atoms with Gasteiger partial charge in [0.15, 0.2) is 0 Å². The zero-order valence-electron chi connectivity index (χ0n) is 12.4. The summed E-state index contributed by atoms with van der Waals surface area (Å²) in [6.07, 6.45) is 0.835. The van der Waals surface area contributed by atoms with Crippen LogP contribution in [0.25, 0.3) is 0 Å². The van der Waals surface area contributed by atoms with Crippen LogP contribution >= 0.6 is 0 Å². The number of rotatable bonds is 10. The first-order valence-electron chi connectivity index (χ1n) is 6.70. The lowest BCUT2D eigenvalue weighted by Crippen LogP contribution is -2.40. The largest absolute Gasteiger partial charge is 0.316 e. The van der Waals surface area contributed by atoms with E-state index in [1.165, 1.54) is 0 Å². The summed E-state index contributed by atoms with van der Waals surface area (Å²) < 4.78 is 26.4. The predicted molar refractivity (Wildman–Crippen MR) is 77.3 cm³/mol. The van der Waals surface area contributed by atoms with Crippen molar-refractivity contribution in [3.05, 3.63) is 0 Å². The van der Waals surface area contributed by atoms with Crippen molar-refractivity contribution in [1.82, 2.24) is 14.9 Å². The first-order chi connectivity index (χ1) is 8.31. The Morgan fingerprint density at radius 3 is 2.33 bits per heavy atom. The molecule has 0 rings (SSSR count). The summed E-state index contributed by atoms with van der Waals surface area (Å²) in [7, 11) is -1.13. The molecule has 0 fully saturated rings. The molecule has 18 heavy (non-hydrogen) atoms. The lowest BCUT2D eigenvalue weighted by atomic mass is 10.3. The molecule has 0 amide bonds. The fourth-order valence-electron chi connectivity index (χ4n) is 1.40. The van der Waals surface area contributed by atoms with Crippen molar-refractivity contribution >= 4 is 10.0 Å². The standard InChI is InChI=1S/C12H29N3O2S/c1-6-13-10-12(4)18(16,17)14-8-7-9-15(5)11(2)3/h11-14H,6-10H2,1-5H3. The maximum Gasteiger partial charge on any atom is 0.215 e. The van der Waals surface area contributed by atoms with Crippen LogP contribution in [-0.2, 0) is 10.0 Å². The van der Waals surface area contributed by atoms with Gasteiger partial charge in [-0.1, -0.05) is 6.92 Å². The third-order valence-corrected chi connectivity index (χ3v) is 4.92. The molecule has 0 aliphatic carbocycles. The van der Waals surface area contributed by atoms with Crippen molar-refractivity contribution in [3.63, 3.8) is 0 Å². The van der Waals surface area contributed by atoms with Crippen LogP contribution in [0.3, 0.4) is 0 Å². The van der Waals surface area contributed by atoms with Crippen molar-refractivity contribution in [2.24, 2.45) is 0 Å². The summed E-state index contributed by atoms with van der Waals surface area (Å²) in [6.45, 7) is 10.7. The van der Waals surface area contributed by atoms with E-state index in [0.717, 1.165) is 19.5 Å². The average molecular weight is 279 g/mol. The van der Waals surface area contributed by atoms with Gasteiger partial charge >= 0.3 is 0 Å². The summed E-state index contributed by atoms with van der Waals surface area (Å²) in [5.41, 5.74) is 0. The second-order valence-corrected chi connectivity index (χ2v) is 7.17. The van der Waals surface area contributed by atoms with Crippen LogP contribution in [0.5, 0.6) is 0 Å². The van der Waals surface area contributed by atoms with Crippen LogP contribution in [0.4, 0.5) is 0 Å². The minimum Gasteiger partial charge on any atom is -0.316 e. The van der Waals surface area contributed by atoms with Crippen molar-refractivity contribution in [3.8, 4) is 0 Å². The third kappa shape index (κ3) is 7.31. The van der Waals surface area contributed by atoms with E-state index < -0.39 is 10.0 Å². The molecule has 0 spiro atoms. The fourth-order valence-corrected chi connectivity index (χ4v) is 2.45. The Balaban J connectivity index is 3.90. The molecule has 110 valence electrons. The van der Waals surface area contributed by atoms with Gasteiger partial charge in [-0.3, -0.25) is 0 Å². The van der Waals surface area contributed by atoms with E-state index in [2.05, 4.69) is 28.8 Å². The second kappa shape index (κ2) is 8.85. The predicted octanol–water partition coefficient (Wildman–Crippen LogP) is 0.634. The zero-order chi connectivity index (χ0) is 14.2. The number of hydrogen-bond acceptors (Lipinski definition) is 4. The van der Waals surface area contributed by atoms with Crippen molar-refractivity contribution in [1.29, 1.82) is 0 Å². The van der Waals surface area contributed by atoms with E-state index in [4.69, 9.17) is 0 Å². The maximum atomic E-state index is 11.9. The van der Waals surface area contributed by atoms with E-state index >= 15 is 0 Å². The van der Waals surface area contributed by atoms with Crippen LogP contribution in [0.1, 0.15) is 34.1 Å². The molecule has 1 unspecified atom stereocenters. The maximum absolute atomic E-state index is 11.9. The van der Waals surface area contributed by atoms with E-state index in [-0.39, 0.29) is 5.25 Å². The molecule has 2 N–H and O–H groups in total.